The zero-order valence-corrected chi connectivity index (χ0v) is 29.1. The molecule has 0 unspecified atom stereocenters. The van der Waals surface area contributed by atoms with E-state index < -0.39 is 50.2 Å². The van der Waals surface area contributed by atoms with Crippen LogP contribution in [0, 0.1) is 11.8 Å². The average Bonchev–Trinajstić information content (AvgIpc) is 2.98. The summed E-state index contributed by atoms with van der Waals surface area (Å²) < 4.78 is 27.5. The number of aliphatic hydroxyl groups excluding tert-OH is 2. The standard InChI is InChI=1S/C32H44NO11P.Na/c1-2-24-15-16-30(36)43-28(24)17-18-32(38,19-20-33-31(37)42-27-13-4-3-5-14-27)29(44-45(39,40)41)22-26(35)11-7-6-9-23-10-8-12-25(34)21-23;/h3-7,9,11,13-18,23-26,28-29,34-35,38H,2,8,10,12,19-22H2,1H3,(H,33,37)(H2,39,40,41);/q;+1/p-1/b9-6-,11-7-,18-17+;/t23-,24+,25+,26+,28+,29-,32+;/m1./s1. The molecule has 0 spiro atoms. The molecule has 1 heterocycles. The van der Waals surface area contributed by atoms with Crippen LogP contribution < -0.4 is 39.4 Å². The predicted octanol–water partition coefficient (Wildman–Crippen LogP) is -0.137. The largest absolute Gasteiger partial charge is 1.00 e. The monoisotopic (exact) mass is 671 g/mol. The van der Waals surface area contributed by atoms with Crippen LogP contribution in [-0.2, 0) is 18.6 Å². The number of allylic oxidation sites excluding steroid dienone is 3. The number of phosphoric acid groups is 1. The average molecular weight is 672 g/mol. The minimum atomic E-state index is -5.20. The Bertz CT molecular complexity index is 1280. The first-order valence-corrected chi connectivity index (χ1v) is 16.6. The van der Waals surface area contributed by atoms with E-state index >= 15 is 0 Å². The van der Waals surface area contributed by atoms with Crippen molar-refractivity contribution in [1.29, 1.82) is 0 Å². The maximum atomic E-state index is 12.3. The number of nitrogens with zero attached hydrogens (tertiary/aromatic N) is 1. The summed E-state index contributed by atoms with van der Waals surface area (Å²) in [6.45, 7) is 1.54. The van der Waals surface area contributed by atoms with E-state index in [-0.39, 0.29) is 66.2 Å². The number of hydrogen-bond acceptors (Lipinski definition) is 10. The Morgan fingerprint density at radius 1 is 1.22 bits per heavy atom. The number of rotatable bonds is 15. The number of carbonyl (C=O) groups is 1. The fraction of sp³-hybridized carbons (Fsp3) is 0.500. The van der Waals surface area contributed by atoms with Crippen molar-refractivity contribution in [3.8, 4) is 5.75 Å². The predicted molar refractivity (Wildman–Crippen MR) is 165 cm³/mol. The number of ether oxygens (including phenoxy) is 2. The van der Waals surface area contributed by atoms with Gasteiger partial charge in [-0.15, -0.1) is 0 Å². The SMILES string of the molecule is CC[C@H]1C=CC(=O)O[C@H]1/C=C/[C@](O)(CCN=C([O-])Oc1ccccc1)[C@@H](C[C@@H](O)/C=C\C=C/[C@@H]1CCC[C@H](O)C1)OP(=O)(O)O.[Na+]. The topological polar surface area (TPSA) is 198 Å². The van der Waals surface area contributed by atoms with Gasteiger partial charge in [0.25, 0.3) is 0 Å². The van der Waals surface area contributed by atoms with Crippen LogP contribution in [0.15, 0.2) is 83.9 Å². The van der Waals surface area contributed by atoms with Gasteiger partial charge >= 0.3 is 43.3 Å². The Balaban J connectivity index is 0.00000736. The van der Waals surface area contributed by atoms with E-state index in [0.29, 0.717) is 12.8 Å². The first-order chi connectivity index (χ1) is 21.4. The van der Waals surface area contributed by atoms with Gasteiger partial charge < -0.3 is 39.7 Å². The number of hydrogen-bond donors (Lipinski definition) is 5. The van der Waals surface area contributed by atoms with E-state index in [1.165, 1.54) is 24.3 Å². The van der Waals surface area contributed by atoms with Crippen LogP contribution >= 0.6 is 7.82 Å². The molecule has 248 valence electrons. The Morgan fingerprint density at radius 2 is 1.96 bits per heavy atom. The van der Waals surface area contributed by atoms with Crippen LogP contribution in [0.1, 0.15) is 51.9 Å². The van der Waals surface area contributed by atoms with Crippen LogP contribution in [0.2, 0.25) is 0 Å². The molecule has 5 N–H and O–H groups in total. The van der Waals surface area contributed by atoms with E-state index in [1.807, 2.05) is 13.0 Å². The molecule has 1 aromatic carbocycles. The summed E-state index contributed by atoms with van der Waals surface area (Å²) in [6, 6.07) is 8.20. The Kier molecular flexibility index (Phi) is 17.1. The number of aliphatic hydroxyl groups is 3. The minimum Gasteiger partial charge on any atom is -0.567 e. The summed E-state index contributed by atoms with van der Waals surface area (Å²) >= 11 is 0. The van der Waals surface area contributed by atoms with E-state index in [4.69, 9.17) is 14.0 Å². The zero-order chi connectivity index (χ0) is 32.9. The van der Waals surface area contributed by atoms with Gasteiger partial charge in [-0.3, -0.25) is 9.52 Å². The number of esters is 1. The number of phosphoric ester groups is 1. The molecule has 1 saturated carbocycles. The Labute approximate surface area is 291 Å². The van der Waals surface area contributed by atoms with Gasteiger partial charge in [0, 0.05) is 37.1 Å². The maximum absolute atomic E-state index is 12.3. The number of aliphatic imine (C=N–C) groups is 1. The Hall–Kier alpha value is -2.09. The molecule has 12 nitrogen and oxygen atoms in total. The molecule has 1 aliphatic carbocycles. The first kappa shape index (κ1) is 40.1. The maximum Gasteiger partial charge on any atom is 1.00 e. The summed E-state index contributed by atoms with van der Waals surface area (Å²) in [4.78, 5) is 35.1. The van der Waals surface area contributed by atoms with Crippen LogP contribution in [0.3, 0.4) is 0 Å². The van der Waals surface area contributed by atoms with Gasteiger partial charge in [-0.25, -0.2) is 9.36 Å². The summed E-state index contributed by atoms with van der Waals surface area (Å²) in [5.41, 5.74) is -2.19. The van der Waals surface area contributed by atoms with E-state index in [0.717, 1.165) is 19.3 Å². The molecule has 0 amide bonds. The molecular formula is C32H43NNaO11P. The summed E-state index contributed by atoms with van der Waals surface area (Å²) in [5, 5.41) is 44.7. The molecule has 0 radical (unpaired) electrons. The van der Waals surface area contributed by atoms with Gasteiger partial charge in [0.2, 0.25) is 0 Å². The van der Waals surface area contributed by atoms with Crippen molar-refractivity contribution in [2.24, 2.45) is 16.8 Å². The van der Waals surface area contributed by atoms with E-state index in [1.54, 1.807) is 48.6 Å². The molecule has 46 heavy (non-hydrogen) atoms. The summed E-state index contributed by atoms with van der Waals surface area (Å²) in [6.07, 6.45) is 10.2. The van der Waals surface area contributed by atoms with Gasteiger partial charge in [-0.2, -0.15) is 0 Å². The second-order valence-electron chi connectivity index (χ2n) is 11.2. The second kappa shape index (κ2) is 19.7. The van der Waals surface area contributed by atoms with Crippen LogP contribution in [0.4, 0.5) is 0 Å². The minimum absolute atomic E-state index is 0. The molecule has 0 saturated heterocycles. The van der Waals surface area contributed by atoms with Crippen molar-refractivity contribution in [2.75, 3.05) is 6.54 Å². The zero-order valence-electron chi connectivity index (χ0n) is 26.2. The molecule has 0 aromatic heterocycles. The van der Waals surface area contributed by atoms with Crippen molar-refractivity contribution < 1.29 is 83.1 Å². The van der Waals surface area contributed by atoms with Crippen molar-refractivity contribution in [3.63, 3.8) is 0 Å². The van der Waals surface area contributed by atoms with Gasteiger partial charge in [0.15, 0.2) is 0 Å². The smallest absolute Gasteiger partial charge is 0.567 e. The molecule has 3 rings (SSSR count). The summed E-state index contributed by atoms with van der Waals surface area (Å²) in [5.74, 6) is -0.355. The third kappa shape index (κ3) is 14.4. The van der Waals surface area contributed by atoms with Crippen LogP contribution in [0.25, 0.3) is 0 Å². The van der Waals surface area contributed by atoms with E-state index in [9.17, 15) is 39.6 Å². The van der Waals surface area contributed by atoms with E-state index in [2.05, 4.69) is 4.99 Å². The first-order valence-electron chi connectivity index (χ1n) is 15.1. The Morgan fingerprint density at radius 3 is 2.63 bits per heavy atom. The molecule has 0 bridgehead atoms. The third-order valence-corrected chi connectivity index (χ3v) is 8.22. The fourth-order valence-corrected chi connectivity index (χ4v) is 5.88. The number of para-hydroxylation sites is 1. The molecule has 1 aliphatic heterocycles. The van der Waals surface area contributed by atoms with Crippen molar-refractivity contribution in [1.82, 2.24) is 0 Å². The molecule has 2 aliphatic rings. The molecule has 14 heteroatoms. The second-order valence-corrected chi connectivity index (χ2v) is 12.4. The number of carbonyl (C=O) groups excluding carboxylic acids is 1. The van der Waals surface area contributed by atoms with Crippen molar-refractivity contribution in [3.05, 3.63) is 78.9 Å². The summed E-state index contributed by atoms with van der Waals surface area (Å²) in [7, 11) is -5.20. The van der Waals surface area contributed by atoms with Gasteiger partial charge in [0.05, 0.1) is 12.2 Å². The fourth-order valence-electron chi connectivity index (χ4n) is 5.28. The van der Waals surface area contributed by atoms with Gasteiger partial charge in [0.1, 0.15) is 23.9 Å². The van der Waals surface area contributed by atoms with Crippen LogP contribution in [0.5, 0.6) is 5.75 Å². The number of cyclic esters (lactones) is 1. The molecule has 1 aromatic rings. The molecule has 1 fully saturated rings. The van der Waals surface area contributed by atoms with Gasteiger partial charge in [-0.05, 0) is 49.8 Å². The third-order valence-electron chi connectivity index (χ3n) is 7.69. The normalized spacial score (nSPS) is 25.3. The van der Waals surface area contributed by atoms with Crippen molar-refractivity contribution >= 4 is 19.9 Å². The van der Waals surface area contributed by atoms with Crippen molar-refractivity contribution in [2.45, 2.75) is 81.9 Å². The number of benzene rings is 1. The van der Waals surface area contributed by atoms with Crippen LogP contribution in [-0.4, -0.2) is 73.7 Å². The van der Waals surface area contributed by atoms with Gasteiger partial charge in [-0.1, -0.05) is 68.0 Å². The molecular weight excluding hydrogens is 628 g/mol. The molecule has 7 atom stereocenters. The quantitative estimate of drug-likeness (QED) is 0.0317.